The molecule has 0 radical (unpaired) electrons. The van der Waals surface area contributed by atoms with Crippen LogP contribution in [0.3, 0.4) is 0 Å². The zero-order valence-corrected chi connectivity index (χ0v) is 18.2. The minimum Gasteiger partial charge on any atom is -0.338 e. The lowest BCUT2D eigenvalue weighted by Crippen LogP contribution is -2.39. The number of carbonyl (C=O) groups is 1. The second-order valence-electron chi connectivity index (χ2n) is 8.91. The van der Waals surface area contributed by atoms with Crippen molar-refractivity contribution in [3.63, 3.8) is 0 Å². The van der Waals surface area contributed by atoms with Crippen molar-refractivity contribution in [2.45, 2.75) is 58.7 Å². The van der Waals surface area contributed by atoms with Crippen molar-refractivity contribution >= 4 is 11.6 Å². The average molecular weight is 420 g/mol. The van der Waals surface area contributed by atoms with Crippen LogP contribution in [-0.4, -0.2) is 43.4 Å². The zero-order chi connectivity index (χ0) is 21.5. The average Bonchev–Trinajstić information content (AvgIpc) is 3.20. The highest BCUT2D eigenvalue weighted by molar-refractivity contribution is 5.73. The van der Waals surface area contributed by atoms with Crippen LogP contribution >= 0.6 is 0 Å². The number of fused-ring (bicyclic) bond motifs is 2. The van der Waals surface area contributed by atoms with Crippen LogP contribution in [0.1, 0.15) is 60.3 Å². The third-order valence-electron chi connectivity index (χ3n) is 6.71. The highest BCUT2D eigenvalue weighted by Crippen LogP contribution is 2.32. The highest BCUT2D eigenvalue weighted by Gasteiger charge is 2.28. The van der Waals surface area contributed by atoms with Crippen LogP contribution in [0.25, 0.3) is 5.65 Å². The molecule has 1 atom stereocenters. The quantitative estimate of drug-likeness (QED) is 0.708. The maximum absolute atomic E-state index is 13.2. The lowest BCUT2D eigenvalue weighted by molar-refractivity contribution is -0.129. The van der Waals surface area contributed by atoms with Gasteiger partial charge in [0.15, 0.2) is 5.65 Å². The van der Waals surface area contributed by atoms with Gasteiger partial charge >= 0.3 is 0 Å². The number of hydrogen-bond acceptors (Lipinski definition) is 4. The lowest BCUT2D eigenvalue weighted by Gasteiger charge is -2.35. The Bertz CT molecular complexity index is 1180. The van der Waals surface area contributed by atoms with Gasteiger partial charge in [-0.25, -0.2) is 9.50 Å². The van der Waals surface area contributed by atoms with E-state index in [1.54, 1.807) is 16.3 Å². The second-order valence-corrected chi connectivity index (χ2v) is 8.91. The molecule has 2 aliphatic heterocycles. The highest BCUT2D eigenvalue weighted by atomic mass is 16.2. The number of benzene rings is 1. The Kier molecular flexibility index (Phi) is 5.14. The number of rotatable bonds is 3. The van der Waals surface area contributed by atoms with E-state index < -0.39 is 0 Å². The SMILES string of the molecule is CC(=O)N1CCc2nc3cc([C@@H]4CCCCN4Cc4ccc(C)cc4)[nH]n3c(=O)c2C1. The number of amides is 1. The standard InChI is InChI=1S/C24H29N5O2/c1-16-6-8-18(9-7-16)14-28-11-4-3-5-22(28)21-13-23-25-20-10-12-27(17(2)30)15-19(20)24(31)29(23)26-21/h6-9,13,22,26H,3-5,10-12,14-15H2,1-2H3/t22-/m0/s1. The second kappa shape index (κ2) is 7.96. The molecule has 7 nitrogen and oxygen atoms in total. The van der Waals surface area contributed by atoms with Crippen molar-refractivity contribution < 1.29 is 4.79 Å². The summed E-state index contributed by atoms with van der Waals surface area (Å²) in [4.78, 5) is 34.0. The number of carbonyl (C=O) groups excluding carboxylic acids is 1. The van der Waals surface area contributed by atoms with Gasteiger partial charge in [-0.1, -0.05) is 36.2 Å². The minimum absolute atomic E-state index is 0.00345. The van der Waals surface area contributed by atoms with Crippen molar-refractivity contribution in [3.8, 4) is 0 Å². The van der Waals surface area contributed by atoms with Crippen molar-refractivity contribution in [1.29, 1.82) is 0 Å². The van der Waals surface area contributed by atoms with E-state index in [-0.39, 0.29) is 17.5 Å². The van der Waals surface area contributed by atoms with E-state index in [1.165, 1.54) is 24.0 Å². The normalized spacial score (nSPS) is 19.5. The summed E-state index contributed by atoms with van der Waals surface area (Å²) in [7, 11) is 0. The number of aryl methyl sites for hydroxylation is 1. The van der Waals surface area contributed by atoms with Gasteiger partial charge in [0.1, 0.15) is 0 Å². The Hall–Kier alpha value is -2.93. The van der Waals surface area contributed by atoms with Gasteiger partial charge in [-0.3, -0.25) is 19.6 Å². The number of hydrogen-bond donors (Lipinski definition) is 1. The molecule has 0 spiro atoms. The first-order valence-corrected chi connectivity index (χ1v) is 11.2. The van der Waals surface area contributed by atoms with Crippen molar-refractivity contribution in [2.24, 2.45) is 0 Å². The van der Waals surface area contributed by atoms with Gasteiger partial charge in [-0.2, -0.15) is 0 Å². The topological polar surface area (TPSA) is 73.7 Å². The first kappa shape index (κ1) is 20.0. The fourth-order valence-electron chi connectivity index (χ4n) is 4.90. The van der Waals surface area contributed by atoms with Crippen molar-refractivity contribution in [2.75, 3.05) is 13.1 Å². The van der Waals surface area contributed by atoms with Crippen LogP contribution in [0.5, 0.6) is 0 Å². The molecule has 1 saturated heterocycles. The van der Waals surface area contributed by atoms with Crippen LogP contribution < -0.4 is 5.56 Å². The summed E-state index contributed by atoms with van der Waals surface area (Å²) in [6.07, 6.45) is 4.06. The molecule has 1 amide bonds. The monoisotopic (exact) mass is 419 g/mol. The number of aromatic amines is 1. The molecule has 2 aliphatic rings. The van der Waals surface area contributed by atoms with Crippen LogP contribution in [0.15, 0.2) is 35.1 Å². The first-order valence-electron chi connectivity index (χ1n) is 11.2. The number of nitrogens with zero attached hydrogens (tertiary/aromatic N) is 4. The van der Waals surface area contributed by atoms with Gasteiger partial charge in [0.2, 0.25) is 5.91 Å². The van der Waals surface area contributed by atoms with Crippen LogP contribution in [-0.2, 0) is 24.3 Å². The Morgan fingerprint density at radius 3 is 2.77 bits per heavy atom. The molecule has 0 unspecified atom stereocenters. The molecular formula is C24H29N5O2. The van der Waals surface area contributed by atoms with E-state index in [1.807, 2.05) is 6.07 Å². The molecule has 3 aromatic rings. The largest absolute Gasteiger partial charge is 0.338 e. The zero-order valence-electron chi connectivity index (χ0n) is 18.2. The van der Waals surface area contributed by atoms with E-state index >= 15 is 0 Å². The Balaban J connectivity index is 1.47. The number of H-pyrrole nitrogens is 1. The van der Waals surface area contributed by atoms with Crippen LogP contribution in [0, 0.1) is 6.92 Å². The van der Waals surface area contributed by atoms with Gasteiger partial charge in [-0.05, 0) is 31.9 Å². The fourth-order valence-corrected chi connectivity index (χ4v) is 4.90. The summed E-state index contributed by atoms with van der Waals surface area (Å²) in [6, 6.07) is 11.0. The molecule has 2 aromatic heterocycles. The molecule has 1 N–H and O–H groups in total. The molecule has 1 fully saturated rings. The molecular weight excluding hydrogens is 390 g/mol. The van der Waals surface area contributed by atoms with E-state index in [4.69, 9.17) is 4.98 Å². The van der Waals surface area contributed by atoms with Crippen molar-refractivity contribution in [1.82, 2.24) is 24.4 Å². The Labute approximate surface area is 181 Å². The molecule has 1 aromatic carbocycles. The van der Waals surface area contributed by atoms with Crippen molar-refractivity contribution in [3.05, 3.63) is 68.8 Å². The Morgan fingerprint density at radius 1 is 1.19 bits per heavy atom. The molecule has 0 aliphatic carbocycles. The molecule has 31 heavy (non-hydrogen) atoms. The Morgan fingerprint density at radius 2 is 2.00 bits per heavy atom. The third kappa shape index (κ3) is 3.78. The maximum atomic E-state index is 13.2. The fraction of sp³-hybridized carbons (Fsp3) is 0.458. The first-order chi connectivity index (χ1) is 15.0. The lowest BCUT2D eigenvalue weighted by atomic mass is 9.98. The predicted octanol–water partition coefficient (Wildman–Crippen LogP) is 2.96. The van der Waals surface area contributed by atoms with E-state index in [9.17, 15) is 9.59 Å². The van der Waals surface area contributed by atoms with E-state index in [0.29, 0.717) is 30.7 Å². The summed E-state index contributed by atoms with van der Waals surface area (Å²) >= 11 is 0. The molecule has 7 heteroatoms. The number of likely N-dealkylation sites (tertiary alicyclic amines) is 1. The van der Waals surface area contributed by atoms with Crippen LogP contribution in [0.4, 0.5) is 0 Å². The molecule has 162 valence electrons. The number of piperidine rings is 1. The summed E-state index contributed by atoms with van der Waals surface area (Å²) in [6.45, 7) is 6.56. The molecule has 0 bridgehead atoms. The maximum Gasteiger partial charge on any atom is 0.277 e. The predicted molar refractivity (Wildman–Crippen MR) is 119 cm³/mol. The summed E-state index contributed by atoms with van der Waals surface area (Å²) in [5.74, 6) is -0.00345. The summed E-state index contributed by atoms with van der Waals surface area (Å²) in [5.41, 5.74) is 5.67. The van der Waals surface area contributed by atoms with Gasteiger partial charge in [-0.15, -0.1) is 0 Å². The van der Waals surface area contributed by atoms with Gasteiger partial charge in [0, 0.05) is 32.5 Å². The molecule has 0 saturated carbocycles. The third-order valence-corrected chi connectivity index (χ3v) is 6.71. The smallest absolute Gasteiger partial charge is 0.277 e. The van der Waals surface area contributed by atoms with E-state index in [2.05, 4.69) is 41.2 Å². The molecule has 5 rings (SSSR count). The summed E-state index contributed by atoms with van der Waals surface area (Å²) < 4.78 is 1.57. The van der Waals surface area contributed by atoms with E-state index in [0.717, 1.165) is 30.9 Å². The number of nitrogens with one attached hydrogen (secondary N) is 1. The van der Waals surface area contributed by atoms with Crippen LogP contribution in [0.2, 0.25) is 0 Å². The number of aromatic nitrogens is 3. The van der Waals surface area contributed by atoms with Gasteiger partial charge < -0.3 is 4.90 Å². The van der Waals surface area contributed by atoms with Gasteiger partial charge in [0.05, 0.1) is 29.5 Å². The minimum atomic E-state index is -0.0851. The summed E-state index contributed by atoms with van der Waals surface area (Å²) in [5, 5.41) is 3.35. The van der Waals surface area contributed by atoms with Gasteiger partial charge in [0.25, 0.3) is 5.56 Å². The molecule has 4 heterocycles.